The van der Waals surface area contributed by atoms with Gasteiger partial charge in [-0.1, -0.05) is 17.3 Å². The number of nitrogens with zero attached hydrogens (tertiary/aromatic N) is 4. The number of hydrogen-bond acceptors (Lipinski definition) is 6. The maximum absolute atomic E-state index is 13.0. The molecule has 1 amide bonds. The lowest BCUT2D eigenvalue weighted by Crippen LogP contribution is -2.49. The van der Waals surface area contributed by atoms with Crippen molar-refractivity contribution >= 4 is 5.91 Å². The highest BCUT2D eigenvalue weighted by Gasteiger charge is 2.38. The number of hydrogen-bond donors (Lipinski definition) is 0. The van der Waals surface area contributed by atoms with Crippen LogP contribution in [-0.4, -0.2) is 52.1 Å². The Balaban J connectivity index is 1.36. The van der Waals surface area contributed by atoms with E-state index < -0.39 is 0 Å². The van der Waals surface area contributed by atoms with E-state index in [1.165, 1.54) is 0 Å². The molecule has 8 heteroatoms. The molecule has 144 valence electrons. The maximum atomic E-state index is 13.0. The predicted molar refractivity (Wildman–Crippen MR) is 98.9 cm³/mol. The average Bonchev–Trinajstić information content (AvgIpc) is 3.42. The molecule has 0 N–H and O–H groups in total. The summed E-state index contributed by atoms with van der Waals surface area (Å²) in [6.45, 7) is 1.67. The quantitative estimate of drug-likeness (QED) is 0.694. The predicted octanol–water partition coefficient (Wildman–Crippen LogP) is 2.53. The number of furan rings is 1. The molecule has 1 fully saturated rings. The number of carbonyl (C=O) groups is 1. The number of benzene rings is 1. The van der Waals surface area contributed by atoms with Crippen LogP contribution in [0.3, 0.4) is 0 Å². The number of likely N-dealkylation sites (tertiary alicyclic amines) is 1. The minimum atomic E-state index is -0.125. The molecule has 2 atom stereocenters. The molecular weight excluding hydrogens is 360 g/mol. The molecule has 4 heterocycles. The van der Waals surface area contributed by atoms with Gasteiger partial charge in [-0.15, -0.1) is 5.10 Å². The summed E-state index contributed by atoms with van der Waals surface area (Å²) in [7, 11) is 1.62. The molecule has 0 unspecified atom stereocenters. The summed E-state index contributed by atoms with van der Waals surface area (Å²) in [6, 6.07) is 11.1. The number of aromatic nitrogens is 3. The first-order valence-electron chi connectivity index (χ1n) is 9.27. The first kappa shape index (κ1) is 17.0. The van der Waals surface area contributed by atoms with Crippen LogP contribution in [0.25, 0.3) is 11.3 Å². The zero-order chi connectivity index (χ0) is 19.1. The highest BCUT2D eigenvalue weighted by Crippen LogP contribution is 2.31. The molecule has 2 aliphatic rings. The van der Waals surface area contributed by atoms with Crippen LogP contribution in [0.5, 0.6) is 5.75 Å². The molecule has 2 aliphatic heterocycles. The lowest BCUT2D eigenvalue weighted by molar-refractivity contribution is -0.0608. The Kier molecular flexibility index (Phi) is 4.12. The van der Waals surface area contributed by atoms with E-state index in [4.69, 9.17) is 13.9 Å². The van der Waals surface area contributed by atoms with Crippen molar-refractivity contribution < 1.29 is 18.7 Å². The topological polar surface area (TPSA) is 82.6 Å². The summed E-state index contributed by atoms with van der Waals surface area (Å²) >= 11 is 0. The maximum Gasteiger partial charge on any atom is 0.289 e. The van der Waals surface area contributed by atoms with Crippen LogP contribution in [0.1, 0.15) is 28.7 Å². The molecular formula is C20H20N4O4. The van der Waals surface area contributed by atoms with E-state index in [1.54, 1.807) is 24.3 Å². The third-order valence-corrected chi connectivity index (χ3v) is 5.39. The van der Waals surface area contributed by atoms with Crippen molar-refractivity contribution in [3.63, 3.8) is 0 Å². The molecule has 0 bridgehead atoms. The molecule has 3 aromatic rings. The number of piperidine rings is 1. The van der Waals surface area contributed by atoms with Crippen LogP contribution < -0.4 is 4.74 Å². The Morgan fingerprint density at radius 1 is 1.29 bits per heavy atom. The SMILES string of the molecule is COc1cccc(-c2ccc(C(=O)N3CC[C@H]4OCc5cnnn5[C@@H]4C3)o2)c1. The van der Waals surface area contributed by atoms with Crippen LogP contribution in [0.2, 0.25) is 0 Å². The van der Waals surface area contributed by atoms with E-state index in [0.29, 0.717) is 31.2 Å². The van der Waals surface area contributed by atoms with Gasteiger partial charge in [0.2, 0.25) is 0 Å². The van der Waals surface area contributed by atoms with E-state index in [9.17, 15) is 4.79 Å². The van der Waals surface area contributed by atoms with E-state index in [0.717, 1.165) is 23.4 Å². The fraction of sp³-hybridized carbons (Fsp3) is 0.350. The molecule has 0 saturated carbocycles. The van der Waals surface area contributed by atoms with Gasteiger partial charge < -0.3 is 18.8 Å². The molecule has 0 radical (unpaired) electrons. The standard InChI is InChI=1S/C20H20N4O4/c1-26-15-4-2-3-13(9-15)17-5-6-19(28-17)20(25)23-8-7-18-16(11-23)24-14(12-27-18)10-21-22-24/h2-6,9-10,16,18H,7-8,11-12H2,1H3/t16-,18-/m1/s1. The van der Waals surface area contributed by atoms with Gasteiger partial charge in [-0.25, -0.2) is 4.68 Å². The van der Waals surface area contributed by atoms with Crippen molar-refractivity contribution in [1.82, 2.24) is 19.9 Å². The van der Waals surface area contributed by atoms with E-state index in [2.05, 4.69) is 10.3 Å². The van der Waals surface area contributed by atoms with Crippen molar-refractivity contribution in [2.75, 3.05) is 20.2 Å². The molecule has 0 spiro atoms. The fourth-order valence-electron chi connectivity index (χ4n) is 3.90. The second-order valence-corrected chi connectivity index (χ2v) is 7.02. The Morgan fingerprint density at radius 3 is 3.11 bits per heavy atom. The van der Waals surface area contributed by atoms with Gasteiger partial charge in [0.1, 0.15) is 11.5 Å². The summed E-state index contributed by atoms with van der Waals surface area (Å²) in [5.41, 5.74) is 1.80. The van der Waals surface area contributed by atoms with Gasteiger partial charge in [0, 0.05) is 18.7 Å². The second-order valence-electron chi connectivity index (χ2n) is 7.02. The molecule has 28 heavy (non-hydrogen) atoms. The van der Waals surface area contributed by atoms with Gasteiger partial charge >= 0.3 is 0 Å². The van der Waals surface area contributed by atoms with Gasteiger partial charge in [-0.3, -0.25) is 4.79 Å². The lowest BCUT2D eigenvalue weighted by atomic mass is 10.00. The van der Waals surface area contributed by atoms with Crippen LogP contribution in [0.4, 0.5) is 0 Å². The van der Waals surface area contributed by atoms with Crippen LogP contribution in [-0.2, 0) is 11.3 Å². The number of ether oxygens (including phenoxy) is 2. The Morgan fingerprint density at radius 2 is 2.21 bits per heavy atom. The smallest absolute Gasteiger partial charge is 0.289 e. The van der Waals surface area contributed by atoms with Crippen molar-refractivity contribution in [1.29, 1.82) is 0 Å². The Hall–Kier alpha value is -3.13. The minimum Gasteiger partial charge on any atom is -0.497 e. The fourth-order valence-corrected chi connectivity index (χ4v) is 3.90. The molecule has 0 aliphatic carbocycles. The second kappa shape index (κ2) is 6.79. The van der Waals surface area contributed by atoms with Crippen molar-refractivity contribution in [3.05, 3.63) is 54.0 Å². The number of carbonyl (C=O) groups excluding carboxylic acids is 1. The molecule has 1 aromatic carbocycles. The molecule has 1 saturated heterocycles. The van der Waals surface area contributed by atoms with E-state index in [1.807, 2.05) is 35.0 Å². The number of rotatable bonds is 3. The largest absolute Gasteiger partial charge is 0.497 e. The Bertz CT molecular complexity index is 1010. The highest BCUT2D eigenvalue weighted by atomic mass is 16.5. The third-order valence-electron chi connectivity index (χ3n) is 5.39. The monoisotopic (exact) mass is 380 g/mol. The zero-order valence-electron chi connectivity index (χ0n) is 15.4. The Labute approximate surface area is 161 Å². The summed E-state index contributed by atoms with van der Waals surface area (Å²) in [4.78, 5) is 14.8. The molecule has 5 rings (SSSR count). The first-order chi connectivity index (χ1) is 13.7. The summed E-state index contributed by atoms with van der Waals surface area (Å²) in [5.74, 6) is 1.58. The lowest BCUT2D eigenvalue weighted by Gasteiger charge is -2.40. The highest BCUT2D eigenvalue weighted by molar-refractivity contribution is 5.92. The summed E-state index contributed by atoms with van der Waals surface area (Å²) in [6.07, 6.45) is 2.53. The van der Waals surface area contributed by atoms with Crippen LogP contribution in [0, 0.1) is 0 Å². The van der Waals surface area contributed by atoms with Gasteiger partial charge in [0.05, 0.1) is 37.8 Å². The van der Waals surface area contributed by atoms with Crippen molar-refractivity contribution in [2.24, 2.45) is 0 Å². The van der Waals surface area contributed by atoms with Gasteiger partial charge in [-0.2, -0.15) is 0 Å². The third kappa shape index (κ3) is 2.86. The molecule has 2 aromatic heterocycles. The van der Waals surface area contributed by atoms with E-state index in [-0.39, 0.29) is 18.1 Å². The number of amides is 1. The van der Waals surface area contributed by atoms with Crippen LogP contribution >= 0.6 is 0 Å². The summed E-state index contributed by atoms with van der Waals surface area (Å²) in [5, 5.41) is 8.16. The van der Waals surface area contributed by atoms with Gasteiger partial charge in [0.15, 0.2) is 5.76 Å². The normalized spacial score (nSPS) is 21.1. The summed E-state index contributed by atoms with van der Waals surface area (Å²) < 4.78 is 18.9. The average molecular weight is 380 g/mol. The zero-order valence-corrected chi connectivity index (χ0v) is 15.4. The van der Waals surface area contributed by atoms with Crippen molar-refractivity contribution in [2.45, 2.75) is 25.2 Å². The van der Waals surface area contributed by atoms with Crippen LogP contribution in [0.15, 0.2) is 47.0 Å². The first-order valence-corrected chi connectivity index (χ1v) is 9.27. The minimum absolute atomic E-state index is 0.0169. The molecule has 8 nitrogen and oxygen atoms in total. The number of methoxy groups -OCH3 is 1. The van der Waals surface area contributed by atoms with Gasteiger partial charge in [0.25, 0.3) is 5.91 Å². The number of fused-ring (bicyclic) bond motifs is 3. The van der Waals surface area contributed by atoms with E-state index >= 15 is 0 Å². The van der Waals surface area contributed by atoms with Crippen molar-refractivity contribution in [3.8, 4) is 17.1 Å². The van der Waals surface area contributed by atoms with Gasteiger partial charge in [-0.05, 0) is 30.7 Å².